The van der Waals surface area contributed by atoms with Crippen molar-refractivity contribution in [2.45, 2.75) is 9.99 Å². The van der Waals surface area contributed by atoms with Crippen molar-refractivity contribution in [3.63, 3.8) is 0 Å². The summed E-state index contributed by atoms with van der Waals surface area (Å²) in [7, 11) is -4.10. The molecule has 23 heavy (non-hydrogen) atoms. The van der Waals surface area contributed by atoms with Gasteiger partial charge in [0.25, 0.3) is 0 Å². The minimum absolute atomic E-state index is 0.240. The quantitative estimate of drug-likeness (QED) is 0.369. The molecule has 2 N–H and O–H groups in total. The van der Waals surface area contributed by atoms with E-state index in [1.54, 1.807) is 0 Å². The summed E-state index contributed by atoms with van der Waals surface area (Å²) in [6.45, 7) is 0. The topological polar surface area (TPSA) is 122 Å². The van der Waals surface area contributed by atoms with Crippen LogP contribution >= 0.6 is 0 Å². The summed E-state index contributed by atoms with van der Waals surface area (Å²) in [5.74, 6) is -4.47. The maximum atomic E-state index is 12.8. The number of carbonyl (C=O) groups excluding carboxylic acids is 1. The van der Waals surface area contributed by atoms with E-state index in [1.165, 1.54) is 0 Å². The predicted octanol–water partition coefficient (Wildman–Crippen LogP) is 1.96. The summed E-state index contributed by atoms with van der Waals surface area (Å²) in [6, 6.07) is 4.85. The normalized spacial score (nSPS) is 12.1. The number of halogens is 1. The van der Waals surface area contributed by atoms with Gasteiger partial charge in [-0.1, -0.05) is 0 Å². The van der Waals surface area contributed by atoms with E-state index in [9.17, 15) is 22.4 Å². The van der Waals surface area contributed by atoms with Gasteiger partial charge in [0, 0.05) is 12.1 Å². The number of carboxylic acids is 1. The molecule has 0 spiro atoms. The van der Waals surface area contributed by atoms with E-state index in [-0.39, 0.29) is 10.5 Å². The fourth-order valence-corrected chi connectivity index (χ4v) is 2.77. The SMILES string of the molecule is O=C(O)/C(O)=C/C(=O)c1coc(S(=O)(=O)c2ccc(F)cc2)c1. The number of carboxylic acid groups (broad SMARTS) is 1. The number of aliphatic carboxylic acids is 1. The largest absolute Gasteiger partial charge is 0.502 e. The van der Waals surface area contributed by atoms with Gasteiger partial charge in [-0.15, -0.1) is 0 Å². The molecular weight excluding hydrogens is 331 g/mol. The molecule has 0 amide bonds. The molecule has 2 aromatic rings. The van der Waals surface area contributed by atoms with Crippen molar-refractivity contribution in [3.8, 4) is 0 Å². The van der Waals surface area contributed by atoms with Crippen molar-refractivity contribution in [1.82, 2.24) is 0 Å². The van der Waals surface area contributed by atoms with E-state index in [1.807, 2.05) is 0 Å². The van der Waals surface area contributed by atoms with E-state index >= 15 is 0 Å². The maximum Gasteiger partial charge on any atom is 0.371 e. The fraction of sp³-hybridized carbons (Fsp3) is 0. The van der Waals surface area contributed by atoms with Crippen molar-refractivity contribution >= 4 is 21.6 Å². The number of hydrogen-bond donors (Lipinski definition) is 2. The number of sulfone groups is 1. The molecule has 0 radical (unpaired) electrons. The van der Waals surface area contributed by atoms with Crippen LogP contribution in [0.3, 0.4) is 0 Å². The van der Waals surface area contributed by atoms with Crippen molar-refractivity contribution < 1.29 is 37.0 Å². The van der Waals surface area contributed by atoms with Crippen LogP contribution < -0.4 is 0 Å². The number of rotatable bonds is 5. The summed E-state index contributed by atoms with van der Waals surface area (Å²) in [5, 5.41) is 16.9. The summed E-state index contributed by atoms with van der Waals surface area (Å²) < 4.78 is 42.1. The number of benzene rings is 1. The van der Waals surface area contributed by atoms with E-state index < -0.39 is 38.3 Å². The van der Waals surface area contributed by atoms with Crippen LogP contribution in [0.5, 0.6) is 0 Å². The number of carbonyl (C=O) groups is 2. The third kappa shape index (κ3) is 3.46. The molecule has 0 aliphatic rings. The zero-order valence-electron chi connectivity index (χ0n) is 11.3. The van der Waals surface area contributed by atoms with E-state index in [0.717, 1.165) is 36.6 Å². The average molecular weight is 340 g/mol. The van der Waals surface area contributed by atoms with Gasteiger partial charge >= 0.3 is 5.97 Å². The first-order chi connectivity index (χ1) is 10.7. The molecule has 2 rings (SSSR count). The van der Waals surface area contributed by atoms with Gasteiger partial charge in [-0.05, 0) is 24.3 Å². The van der Waals surface area contributed by atoms with Crippen LogP contribution in [0.1, 0.15) is 10.4 Å². The molecule has 9 heteroatoms. The van der Waals surface area contributed by atoms with Gasteiger partial charge in [-0.2, -0.15) is 0 Å². The Labute approximate surface area is 129 Å². The zero-order chi connectivity index (χ0) is 17.2. The molecule has 0 aliphatic heterocycles. The lowest BCUT2D eigenvalue weighted by atomic mass is 10.2. The average Bonchev–Trinajstić information content (AvgIpc) is 2.98. The molecule has 7 nitrogen and oxygen atoms in total. The Bertz CT molecular complexity index is 891. The molecule has 0 unspecified atom stereocenters. The monoisotopic (exact) mass is 340 g/mol. The second-order valence-corrected chi connectivity index (χ2v) is 6.19. The van der Waals surface area contributed by atoms with Crippen LogP contribution in [-0.2, 0) is 14.6 Å². The first-order valence-corrected chi connectivity index (χ1v) is 7.47. The van der Waals surface area contributed by atoms with Crippen LogP contribution in [-0.4, -0.2) is 30.4 Å². The number of allylic oxidation sites excluding steroid dienone is 1. The van der Waals surface area contributed by atoms with Gasteiger partial charge in [-0.25, -0.2) is 17.6 Å². The molecule has 0 atom stereocenters. The Hall–Kier alpha value is -2.94. The number of furan rings is 1. The van der Waals surface area contributed by atoms with Gasteiger partial charge in [-0.3, -0.25) is 4.79 Å². The number of hydrogen-bond acceptors (Lipinski definition) is 6. The van der Waals surface area contributed by atoms with E-state index in [0.29, 0.717) is 6.08 Å². The minimum atomic E-state index is -4.10. The first kappa shape index (κ1) is 16.4. The van der Waals surface area contributed by atoms with E-state index in [4.69, 9.17) is 14.6 Å². The summed E-state index contributed by atoms with van der Waals surface area (Å²) in [5.41, 5.74) is -0.265. The highest BCUT2D eigenvalue weighted by molar-refractivity contribution is 7.91. The Morgan fingerprint density at radius 3 is 2.30 bits per heavy atom. The van der Waals surface area contributed by atoms with Crippen molar-refractivity contribution in [1.29, 1.82) is 0 Å². The molecule has 0 aliphatic carbocycles. The molecule has 1 aromatic heterocycles. The number of ketones is 1. The second kappa shape index (κ2) is 6.05. The Morgan fingerprint density at radius 1 is 1.13 bits per heavy atom. The van der Waals surface area contributed by atoms with Crippen LogP contribution in [0.2, 0.25) is 0 Å². The zero-order valence-corrected chi connectivity index (χ0v) is 12.1. The third-order valence-corrected chi connectivity index (χ3v) is 4.37. The molecule has 0 saturated carbocycles. The molecule has 120 valence electrons. The van der Waals surface area contributed by atoms with Crippen molar-refractivity contribution in [3.05, 3.63) is 59.8 Å². The second-order valence-electron chi connectivity index (χ2n) is 4.31. The standard InChI is InChI=1S/C14H9FO7S/c15-9-1-3-10(4-2-9)23(20,21)13-5-8(7-22-13)11(16)6-12(17)14(18)19/h1-7,17H,(H,18,19)/b12-6-. The molecule has 0 saturated heterocycles. The summed E-state index contributed by atoms with van der Waals surface area (Å²) in [6.07, 6.45) is 1.23. The highest BCUT2D eigenvalue weighted by atomic mass is 32.2. The molecule has 0 bridgehead atoms. The van der Waals surface area contributed by atoms with E-state index in [2.05, 4.69) is 0 Å². The molecular formula is C14H9FO7S. The van der Waals surface area contributed by atoms with Gasteiger partial charge in [0.15, 0.2) is 5.78 Å². The van der Waals surface area contributed by atoms with Gasteiger partial charge < -0.3 is 14.6 Å². The minimum Gasteiger partial charge on any atom is -0.502 e. The van der Waals surface area contributed by atoms with Crippen LogP contribution in [0.4, 0.5) is 4.39 Å². The molecule has 1 aromatic carbocycles. The molecule has 1 heterocycles. The van der Waals surface area contributed by atoms with Crippen molar-refractivity contribution in [2.24, 2.45) is 0 Å². The van der Waals surface area contributed by atoms with Crippen LogP contribution in [0, 0.1) is 5.82 Å². The van der Waals surface area contributed by atoms with Gasteiger partial charge in [0.1, 0.15) is 12.1 Å². The highest BCUT2D eigenvalue weighted by Crippen LogP contribution is 2.23. The van der Waals surface area contributed by atoms with Crippen LogP contribution in [0.25, 0.3) is 0 Å². The molecule has 0 fully saturated rings. The lowest BCUT2D eigenvalue weighted by molar-refractivity contribution is -0.135. The Morgan fingerprint density at radius 2 is 1.74 bits per heavy atom. The summed E-state index contributed by atoms with van der Waals surface area (Å²) in [4.78, 5) is 21.9. The maximum absolute atomic E-state index is 12.8. The van der Waals surface area contributed by atoms with Crippen molar-refractivity contribution in [2.75, 3.05) is 0 Å². The first-order valence-electron chi connectivity index (χ1n) is 5.99. The smallest absolute Gasteiger partial charge is 0.371 e. The predicted molar refractivity (Wildman–Crippen MR) is 73.2 cm³/mol. The third-order valence-electron chi connectivity index (χ3n) is 2.74. The lowest BCUT2D eigenvalue weighted by Crippen LogP contribution is -2.03. The van der Waals surface area contributed by atoms with Crippen LogP contribution in [0.15, 0.2) is 62.8 Å². The number of aliphatic hydroxyl groups excluding tert-OH is 1. The van der Waals surface area contributed by atoms with Gasteiger partial charge in [0.2, 0.25) is 20.7 Å². The Kier molecular flexibility index (Phi) is 4.32. The Balaban J connectivity index is 2.35. The van der Waals surface area contributed by atoms with Gasteiger partial charge in [0.05, 0.1) is 10.5 Å². The highest BCUT2D eigenvalue weighted by Gasteiger charge is 2.23. The lowest BCUT2D eigenvalue weighted by Gasteiger charge is -2.00. The number of aliphatic hydroxyl groups is 1. The fourth-order valence-electron chi connectivity index (χ4n) is 1.59. The summed E-state index contributed by atoms with van der Waals surface area (Å²) >= 11 is 0.